The van der Waals surface area contributed by atoms with E-state index in [4.69, 9.17) is 10.7 Å². The fourth-order valence-electron chi connectivity index (χ4n) is 2.91. The molecule has 1 heterocycles. The molecule has 1 unspecified atom stereocenters. The van der Waals surface area contributed by atoms with Crippen molar-refractivity contribution in [2.75, 3.05) is 0 Å². The summed E-state index contributed by atoms with van der Waals surface area (Å²) in [6.45, 7) is 0. The van der Waals surface area contributed by atoms with Gasteiger partial charge in [-0.15, -0.1) is 0 Å². The summed E-state index contributed by atoms with van der Waals surface area (Å²) < 4.78 is 2.20. The second-order valence-electron chi connectivity index (χ2n) is 5.49. The molecule has 3 nitrogen and oxygen atoms in total. The molecule has 3 heteroatoms. The largest absolute Gasteiger partial charge is 0.331 e. The van der Waals surface area contributed by atoms with Crippen LogP contribution in [0.1, 0.15) is 31.5 Å². The third-order valence-corrected chi connectivity index (χ3v) is 4.00. The highest BCUT2D eigenvalue weighted by Gasteiger charge is 2.12. The van der Waals surface area contributed by atoms with Crippen molar-refractivity contribution in [3.8, 4) is 0 Å². The Bertz CT molecular complexity index is 609. The lowest BCUT2D eigenvalue weighted by molar-refractivity contribution is 0.653. The van der Waals surface area contributed by atoms with E-state index in [1.54, 1.807) is 0 Å². The van der Waals surface area contributed by atoms with E-state index < -0.39 is 0 Å². The van der Waals surface area contributed by atoms with E-state index in [0.29, 0.717) is 0 Å². The predicted octanol–water partition coefficient (Wildman–Crippen LogP) is 2.94. The van der Waals surface area contributed by atoms with Gasteiger partial charge >= 0.3 is 0 Å². The standard InChI is InChI=1S/C16H21N3/c1-19-15-9-5-4-8-14(15)18-16(19)11-12-6-2-3-7-13(17)10-12/h4-5,8-10,13H,2-3,6-7,11,17H2,1H3. The summed E-state index contributed by atoms with van der Waals surface area (Å²) >= 11 is 0. The number of allylic oxidation sites excluding steroid dienone is 1. The number of nitrogens with two attached hydrogens (primary N) is 1. The Balaban J connectivity index is 1.90. The summed E-state index contributed by atoms with van der Waals surface area (Å²) in [5.41, 5.74) is 9.82. The molecule has 1 aliphatic rings. The van der Waals surface area contributed by atoms with Crippen LogP contribution >= 0.6 is 0 Å². The Morgan fingerprint density at radius 3 is 3.00 bits per heavy atom. The summed E-state index contributed by atoms with van der Waals surface area (Å²) in [6.07, 6.45) is 7.96. The first-order valence-corrected chi connectivity index (χ1v) is 7.09. The van der Waals surface area contributed by atoms with Crippen LogP contribution in [0.3, 0.4) is 0 Å². The summed E-state index contributed by atoms with van der Waals surface area (Å²) in [5, 5.41) is 0. The first-order chi connectivity index (χ1) is 9.24. The Kier molecular flexibility index (Phi) is 3.38. The van der Waals surface area contributed by atoms with E-state index in [0.717, 1.165) is 30.6 Å². The van der Waals surface area contributed by atoms with E-state index in [9.17, 15) is 0 Å². The number of nitrogens with zero attached hydrogens (tertiary/aromatic N) is 2. The highest BCUT2D eigenvalue weighted by atomic mass is 15.1. The number of aromatic nitrogens is 2. The van der Waals surface area contributed by atoms with Crippen molar-refractivity contribution in [3.05, 3.63) is 41.7 Å². The molecule has 0 fully saturated rings. The highest BCUT2D eigenvalue weighted by Crippen LogP contribution is 2.22. The second kappa shape index (κ2) is 5.17. The Morgan fingerprint density at radius 2 is 2.16 bits per heavy atom. The molecule has 0 saturated heterocycles. The molecule has 3 rings (SSSR count). The zero-order chi connectivity index (χ0) is 13.2. The Morgan fingerprint density at radius 1 is 1.32 bits per heavy atom. The summed E-state index contributed by atoms with van der Waals surface area (Å²) in [6, 6.07) is 8.53. The molecular weight excluding hydrogens is 234 g/mol. The molecule has 0 amide bonds. The van der Waals surface area contributed by atoms with Crippen LogP contribution in [0, 0.1) is 0 Å². The molecule has 2 N–H and O–H groups in total. The molecule has 100 valence electrons. The van der Waals surface area contributed by atoms with Crippen LogP contribution in [-0.4, -0.2) is 15.6 Å². The van der Waals surface area contributed by atoms with E-state index in [1.807, 2.05) is 6.07 Å². The number of hydrogen-bond donors (Lipinski definition) is 1. The number of rotatable bonds is 2. The maximum Gasteiger partial charge on any atom is 0.113 e. The number of imidazole rings is 1. The molecule has 0 saturated carbocycles. The number of hydrogen-bond acceptors (Lipinski definition) is 2. The lowest BCUT2D eigenvalue weighted by atomic mass is 10.1. The molecular formula is C16H21N3. The average molecular weight is 255 g/mol. The van der Waals surface area contributed by atoms with Crippen molar-refractivity contribution in [1.29, 1.82) is 0 Å². The van der Waals surface area contributed by atoms with Crippen LogP contribution in [0.5, 0.6) is 0 Å². The molecule has 1 aromatic carbocycles. The molecule has 1 atom stereocenters. The minimum atomic E-state index is 0.229. The zero-order valence-corrected chi connectivity index (χ0v) is 11.5. The van der Waals surface area contributed by atoms with Crippen LogP contribution in [0.4, 0.5) is 0 Å². The first-order valence-electron chi connectivity index (χ1n) is 7.09. The van der Waals surface area contributed by atoms with Crippen molar-refractivity contribution in [2.24, 2.45) is 12.8 Å². The molecule has 0 bridgehead atoms. The van der Waals surface area contributed by atoms with Gasteiger partial charge in [-0.3, -0.25) is 0 Å². The second-order valence-corrected chi connectivity index (χ2v) is 5.49. The van der Waals surface area contributed by atoms with Gasteiger partial charge in [-0.05, 0) is 31.4 Å². The molecule has 19 heavy (non-hydrogen) atoms. The normalized spacial score (nSPS) is 20.3. The van der Waals surface area contributed by atoms with Gasteiger partial charge in [-0.2, -0.15) is 0 Å². The Labute approximate surface area is 114 Å². The lowest BCUT2D eigenvalue weighted by Gasteiger charge is -2.07. The van der Waals surface area contributed by atoms with Gasteiger partial charge in [0.15, 0.2) is 0 Å². The molecule has 1 aromatic heterocycles. The molecule has 0 radical (unpaired) electrons. The van der Waals surface area contributed by atoms with E-state index in [1.165, 1.54) is 23.9 Å². The number of benzene rings is 1. The van der Waals surface area contributed by atoms with Crippen molar-refractivity contribution in [1.82, 2.24) is 9.55 Å². The van der Waals surface area contributed by atoms with Gasteiger partial charge < -0.3 is 10.3 Å². The number of para-hydroxylation sites is 2. The van der Waals surface area contributed by atoms with Crippen LogP contribution in [0.25, 0.3) is 11.0 Å². The SMILES string of the molecule is Cn1c(CC2=CC(N)CCCC2)nc2ccccc21. The highest BCUT2D eigenvalue weighted by molar-refractivity contribution is 5.75. The smallest absolute Gasteiger partial charge is 0.113 e. The van der Waals surface area contributed by atoms with Gasteiger partial charge in [0.1, 0.15) is 5.82 Å². The predicted molar refractivity (Wildman–Crippen MR) is 78.9 cm³/mol. The third kappa shape index (κ3) is 2.56. The van der Waals surface area contributed by atoms with Gasteiger partial charge in [0.2, 0.25) is 0 Å². The number of aryl methyl sites for hydroxylation is 1. The van der Waals surface area contributed by atoms with Gasteiger partial charge in [0, 0.05) is 19.5 Å². The van der Waals surface area contributed by atoms with Crippen LogP contribution in [-0.2, 0) is 13.5 Å². The third-order valence-electron chi connectivity index (χ3n) is 4.00. The number of fused-ring (bicyclic) bond motifs is 1. The summed E-state index contributed by atoms with van der Waals surface area (Å²) in [7, 11) is 2.10. The maximum absolute atomic E-state index is 6.09. The monoisotopic (exact) mass is 255 g/mol. The quantitative estimate of drug-likeness (QED) is 0.838. The average Bonchev–Trinajstić information content (AvgIpc) is 2.58. The first kappa shape index (κ1) is 12.4. The lowest BCUT2D eigenvalue weighted by Crippen LogP contribution is -2.16. The minimum absolute atomic E-state index is 0.229. The molecule has 1 aliphatic carbocycles. The fourth-order valence-corrected chi connectivity index (χ4v) is 2.91. The van der Waals surface area contributed by atoms with E-state index in [-0.39, 0.29) is 6.04 Å². The van der Waals surface area contributed by atoms with Crippen molar-refractivity contribution < 1.29 is 0 Å². The fraction of sp³-hybridized carbons (Fsp3) is 0.438. The molecule has 0 spiro atoms. The van der Waals surface area contributed by atoms with Gasteiger partial charge in [-0.1, -0.05) is 30.2 Å². The summed E-state index contributed by atoms with van der Waals surface area (Å²) in [4.78, 5) is 4.74. The topological polar surface area (TPSA) is 43.8 Å². The van der Waals surface area contributed by atoms with Gasteiger partial charge in [-0.25, -0.2) is 4.98 Å². The van der Waals surface area contributed by atoms with Crippen LogP contribution < -0.4 is 5.73 Å². The van der Waals surface area contributed by atoms with E-state index in [2.05, 4.69) is 35.9 Å². The van der Waals surface area contributed by atoms with Crippen molar-refractivity contribution in [3.63, 3.8) is 0 Å². The van der Waals surface area contributed by atoms with Crippen molar-refractivity contribution >= 4 is 11.0 Å². The van der Waals surface area contributed by atoms with Crippen LogP contribution in [0.15, 0.2) is 35.9 Å². The summed E-state index contributed by atoms with van der Waals surface area (Å²) in [5.74, 6) is 1.14. The van der Waals surface area contributed by atoms with Gasteiger partial charge in [0.05, 0.1) is 11.0 Å². The van der Waals surface area contributed by atoms with Gasteiger partial charge in [0.25, 0.3) is 0 Å². The molecule has 2 aromatic rings. The Hall–Kier alpha value is -1.61. The molecule has 0 aliphatic heterocycles. The maximum atomic E-state index is 6.09. The van der Waals surface area contributed by atoms with Crippen molar-refractivity contribution in [2.45, 2.75) is 38.1 Å². The van der Waals surface area contributed by atoms with Crippen LogP contribution in [0.2, 0.25) is 0 Å². The van der Waals surface area contributed by atoms with E-state index >= 15 is 0 Å². The zero-order valence-electron chi connectivity index (χ0n) is 11.5. The minimum Gasteiger partial charge on any atom is -0.331 e.